The molecule has 5 nitrogen and oxygen atoms in total. The van der Waals surface area contributed by atoms with Gasteiger partial charge in [-0.15, -0.1) is 24.2 Å². The number of nitrogen functional groups attached to an aromatic ring is 1. The molecule has 1 amide bonds. The lowest BCUT2D eigenvalue weighted by atomic mass is 10.00. The van der Waals surface area contributed by atoms with Crippen molar-refractivity contribution in [2.24, 2.45) is 0 Å². The molecule has 2 aliphatic rings. The van der Waals surface area contributed by atoms with Crippen LogP contribution in [-0.2, 0) is 21.1 Å². The number of hydrogen-bond donors (Lipinski definition) is 1. The molecule has 3 rings (SSSR count). The van der Waals surface area contributed by atoms with Gasteiger partial charge in [0.05, 0.1) is 17.3 Å². The van der Waals surface area contributed by atoms with Gasteiger partial charge in [0.25, 0.3) is 0 Å². The van der Waals surface area contributed by atoms with E-state index in [-0.39, 0.29) is 35.1 Å². The van der Waals surface area contributed by atoms with Crippen molar-refractivity contribution in [2.45, 2.75) is 24.5 Å². The minimum absolute atomic E-state index is 0. The molecule has 2 aliphatic heterocycles. The quantitative estimate of drug-likeness (QED) is 0.815. The van der Waals surface area contributed by atoms with Crippen LogP contribution in [0.4, 0.5) is 11.4 Å². The second kappa shape index (κ2) is 7.32. The lowest BCUT2D eigenvalue weighted by molar-refractivity contribution is -0.116. The highest BCUT2D eigenvalue weighted by molar-refractivity contribution is 8.02. The van der Waals surface area contributed by atoms with E-state index in [1.807, 2.05) is 18.2 Å². The van der Waals surface area contributed by atoms with Crippen LogP contribution >= 0.6 is 24.2 Å². The molecule has 1 saturated heterocycles. The molecule has 0 bridgehead atoms. The fraction of sp³-hybridized carbons (Fsp3) is 0.533. The second-order valence-corrected chi connectivity index (χ2v) is 9.35. The minimum atomic E-state index is -2.88. The zero-order valence-electron chi connectivity index (χ0n) is 12.7. The summed E-state index contributed by atoms with van der Waals surface area (Å²) in [5.41, 5.74) is 8.70. The third kappa shape index (κ3) is 4.14. The van der Waals surface area contributed by atoms with Gasteiger partial charge in [0.2, 0.25) is 5.91 Å². The highest BCUT2D eigenvalue weighted by Crippen LogP contribution is 2.32. The van der Waals surface area contributed by atoms with E-state index in [9.17, 15) is 13.2 Å². The average molecular weight is 377 g/mol. The first-order chi connectivity index (χ1) is 10.5. The summed E-state index contributed by atoms with van der Waals surface area (Å²) in [5.74, 6) is 0.825. The number of rotatable bonds is 3. The Morgan fingerprint density at radius 2 is 2.17 bits per heavy atom. The maximum Gasteiger partial charge on any atom is 0.236 e. The SMILES string of the molecule is Cl.Nc1cccc2c1CCCN2C(=O)CSC1CCS(=O)(=O)C1. The molecule has 2 N–H and O–H groups in total. The Morgan fingerprint density at radius 3 is 2.87 bits per heavy atom. The third-order valence-corrected chi connectivity index (χ3v) is 7.49. The Balaban J connectivity index is 0.00000192. The van der Waals surface area contributed by atoms with Crippen LogP contribution in [0.5, 0.6) is 0 Å². The first-order valence-corrected chi connectivity index (χ1v) is 10.3. The summed E-state index contributed by atoms with van der Waals surface area (Å²) < 4.78 is 22.9. The van der Waals surface area contributed by atoms with Crippen LogP contribution in [0.15, 0.2) is 18.2 Å². The van der Waals surface area contributed by atoms with E-state index in [0.29, 0.717) is 18.7 Å². The molecule has 0 aromatic heterocycles. The van der Waals surface area contributed by atoms with Gasteiger partial charge in [0, 0.05) is 23.2 Å². The number of hydrogen-bond acceptors (Lipinski definition) is 5. The molecule has 1 fully saturated rings. The Morgan fingerprint density at radius 1 is 1.39 bits per heavy atom. The van der Waals surface area contributed by atoms with E-state index in [0.717, 1.165) is 29.8 Å². The summed E-state index contributed by atoms with van der Waals surface area (Å²) in [7, 11) is -2.88. The number of thioether (sulfide) groups is 1. The van der Waals surface area contributed by atoms with Crippen molar-refractivity contribution >= 4 is 51.3 Å². The molecule has 23 heavy (non-hydrogen) atoms. The van der Waals surface area contributed by atoms with Gasteiger partial charge in [-0.05, 0) is 37.0 Å². The predicted molar refractivity (Wildman–Crippen MR) is 98.3 cm³/mol. The fourth-order valence-corrected chi connectivity index (χ4v) is 6.59. The first kappa shape index (κ1) is 18.4. The molecule has 0 radical (unpaired) electrons. The summed E-state index contributed by atoms with van der Waals surface area (Å²) in [6, 6.07) is 5.68. The fourth-order valence-electron chi connectivity index (χ4n) is 3.07. The van der Waals surface area contributed by atoms with Crippen molar-refractivity contribution in [1.82, 2.24) is 0 Å². The largest absolute Gasteiger partial charge is 0.398 e. The molecule has 1 aromatic carbocycles. The predicted octanol–water partition coefficient (Wildman–Crippen LogP) is 1.89. The lowest BCUT2D eigenvalue weighted by Crippen LogP contribution is -2.37. The van der Waals surface area contributed by atoms with Gasteiger partial charge in [-0.3, -0.25) is 4.79 Å². The zero-order chi connectivity index (χ0) is 15.7. The molecule has 0 aliphatic carbocycles. The van der Waals surface area contributed by atoms with Crippen LogP contribution in [0.2, 0.25) is 0 Å². The lowest BCUT2D eigenvalue weighted by Gasteiger charge is -2.30. The molecule has 128 valence electrons. The van der Waals surface area contributed by atoms with Crippen molar-refractivity contribution in [1.29, 1.82) is 0 Å². The van der Waals surface area contributed by atoms with Crippen LogP contribution in [0.25, 0.3) is 0 Å². The number of sulfone groups is 1. The molecule has 1 atom stereocenters. The van der Waals surface area contributed by atoms with Crippen LogP contribution < -0.4 is 10.6 Å². The van der Waals surface area contributed by atoms with Gasteiger partial charge in [0.15, 0.2) is 9.84 Å². The van der Waals surface area contributed by atoms with Gasteiger partial charge >= 0.3 is 0 Å². The summed E-state index contributed by atoms with van der Waals surface area (Å²) in [4.78, 5) is 14.3. The number of anilines is 2. The summed E-state index contributed by atoms with van der Waals surface area (Å²) in [5, 5.41) is 0.0547. The van der Waals surface area contributed by atoms with Gasteiger partial charge in [-0.2, -0.15) is 0 Å². The van der Waals surface area contributed by atoms with Gasteiger partial charge in [0.1, 0.15) is 0 Å². The number of nitrogens with zero attached hydrogens (tertiary/aromatic N) is 1. The van der Waals surface area contributed by atoms with E-state index in [2.05, 4.69) is 0 Å². The van der Waals surface area contributed by atoms with Gasteiger partial charge in [-0.25, -0.2) is 8.42 Å². The monoisotopic (exact) mass is 376 g/mol. The van der Waals surface area contributed by atoms with Crippen molar-refractivity contribution in [3.8, 4) is 0 Å². The smallest absolute Gasteiger partial charge is 0.236 e. The van der Waals surface area contributed by atoms with E-state index in [4.69, 9.17) is 5.73 Å². The van der Waals surface area contributed by atoms with Crippen LogP contribution in [-0.4, -0.2) is 43.4 Å². The van der Waals surface area contributed by atoms with Crippen LogP contribution in [0, 0.1) is 0 Å². The Labute approximate surface area is 147 Å². The zero-order valence-corrected chi connectivity index (χ0v) is 15.2. The Bertz CT molecular complexity index is 694. The number of benzene rings is 1. The normalized spacial score (nSPS) is 22.3. The summed E-state index contributed by atoms with van der Waals surface area (Å²) in [6.45, 7) is 0.707. The maximum absolute atomic E-state index is 12.5. The van der Waals surface area contributed by atoms with Crippen molar-refractivity contribution < 1.29 is 13.2 Å². The molecule has 0 spiro atoms. The van der Waals surface area contributed by atoms with Crippen molar-refractivity contribution in [3.63, 3.8) is 0 Å². The Kier molecular flexibility index (Phi) is 5.86. The summed E-state index contributed by atoms with van der Waals surface area (Å²) in [6.07, 6.45) is 2.47. The molecular formula is C15H21ClN2O3S2. The van der Waals surface area contributed by atoms with Gasteiger partial charge in [-0.1, -0.05) is 6.07 Å². The van der Waals surface area contributed by atoms with Crippen molar-refractivity contribution in [2.75, 3.05) is 34.4 Å². The van der Waals surface area contributed by atoms with Crippen molar-refractivity contribution in [3.05, 3.63) is 23.8 Å². The molecule has 1 aromatic rings. The summed E-state index contributed by atoms with van der Waals surface area (Å²) >= 11 is 1.47. The van der Waals surface area contributed by atoms with E-state index >= 15 is 0 Å². The highest BCUT2D eigenvalue weighted by Gasteiger charge is 2.30. The molecule has 1 unspecified atom stereocenters. The van der Waals surface area contributed by atoms with Crippen LogP contribution in [0.1, 0.15) is 18.4 Å². The number of halogens is 1. The number of amides is 1. The topological polar surface area (TPSA) is 80.5 Å². The molecule has 0 saturated carbocycles. The highest BCUT2D eigenvalue weighted by atomic mass is 35.5. The minimum Gasteiger partial charge on any atom is -0.398 e. The first-order valence-electron chi connectivity index (χ1n) is 7.46. The Hall–Kier alpha value is -0.920. The number of carbonyl (C=O) groups excluding carboxylic acids is 1. The van der Waals surface area contributed by atoms with Gasteiger partial charge < -0.3 is 10.6 Å². The number of nitrogens with two attached hydrogens (primary N) is 1. The number of fused-ring (bicyclic) bond motifs is 1. The third-order valence-electron chi connectivity index (χ3n) is 4.22. The average Bonchev–Trinajstić information content (AvgIpc) is 2.84. The maximum atomic E-state index is 12.5. The molecule has 8 heteroatoms. The van der Waals surface area contributed by atoms with E-state index < -0.39 is 9.84 Å². The standard InChI is InChI=1S/C15H20N2O3S2.ClH/c16-13-4-1-5-14-12(13)3-2-7-17(14)15(18)9-21-11-6-8-22(19,20)10-11;/h1,4-5,11H,2-3,6-10,16H2;1H. The van der Waals surface area contributed by atoms with Crippen LogP contribution in [0.3, 0.4) is 0 Å². The number of carbonyl (C=O) groups is 1. The van der Waals surface area contributed by atoms with E-state index in [1.54, 1.807) is 4.90 Å². The second-order valence-electron chi connectivity index (χ2n) is 5.83. The van der Waals surface area contributed by atoms with E-state index in [1.165, 1.54) is 11.8 Å². The molecular weight excluding hydrogens is 356 g/mol. The molecule has 2 heterocycles.